The molecule has 2 rings (SSSR count). The van der Waals surface area contributed by atoms with Crippen molar-refractivity contribution < 1.29 is 9.53 Å². The van der Waals surface area contributed by atoms with Crippen LogP contribution in [0.4, 0.5) is 4.79 Å². The molecule has 1 amide bonds. The summed E-state index contributed by atoms with van der Waals surface area (Å²) in [5.74, 6) is 1.31. The summed E-state index contributed by atoms with van der Waals surface area (Å²) in [5.41, 5.74) is 0. The lowest BCUT2D eigenvalue weighted by atomic mass is 9.97. The van der Waals surface area contributed by atoms with Gasteiger partial charge in [-0.05, 0) is 57.0 Å². The lowest BCUT2D eigenvalue weighted by Gasteiger charge is -2.30. The standard InChI is InChI=1S/C14H26N2O2/c1-12-4-3-8-16(11-12)14(17)18-9-6-13-5-2-7-15-10-13/h12-13,15H,2-11H2,1H3. The smallest absolute Gasteiger partial charge is 0.409 e. The van der Waals surface area contributed by atoms with Crippen molar-refractivity contribution in [2.75, 3.05) is 32.8 Å². The van der Waals surface area contributed by atoms with Gasteiger partial charge in [0.1, 0.15) is 0 Å². The number of rotatable bonds is 3. The first-order chi connectivity index (χ1) is 8.75. The van der Waals surface area contributed by atoms with Gasteiger partial charge in [0, 0.05) is 13.1 Å². The highest BCUT2D eigenvalue weighted by atomic mass is 16.6. The van der Waals surface area contributed by atoms with Crippen LogP contribution in [-0.4, -0.2) is 43.8 Å². The second-order valence-electron chi connectivity index (χ2n) is 5.81. The average molecular weight is 254 g/mol. The highest BCUT2D eigenvalue weighted by molar-refractivity contribution is 5.67. The quantitative estimate of drug-likeness (QED) is 0.840. The summed E-state index contributed by atoms with van der Waals surface area (Å²) in [6, 6.07) is 0. The van der Waals surface area contributed by atoms with E-state index >= 15 is 0 Å². The molecule has 104 valence electrons. The van der Waals surface area contributed by atoms with Gasteiger partial charge in [-0.25, -0.2) is 4.79 Å². The molecule has 4 heteroatoms. The maximum absolute atomic E-state index is 11.9. The van der Waals surface area contributed by atoms with E-state index in [0.29, 0.717) is 18.4 Å². The van der Waals surface area contributed by atoms with Gasteiger partial charge in [0.25, 0.3) is 0 Å². The van der Waals surface area contributed by atoms with Crippen LogP contribution in [0.15, 0.2) is 0 Å². The molecule has 0 bridgehead atoms. The first kappa shape index (κ1) is 13.7. The summed E-state index contributed by atoms with van der Waals surface area (Å²) in [6.45, 7) is 6.74. The number of nitrogens with one attached hydrogen (secondary N) is 1. The Balaban J connectivity index is 1.61. The topological polar surface area (TPSA) is 41.6 Å². The van der Waals surface area contributed by atoms with E-state index in [9.17, 15) is 4.79 Å². The molecule has 0 aliphatic carbocycles. The number of ether oxygens (including phenoxy) is 1. The van der Waals surface area contributed by atoms with Gasteiger partial charge in [0.15, 0.2) is 0 Å². The molecule has 0 radical (unpaired) electrons. The van der Waals surface area contributed by atoms with Crippen LogP contribution in [0.1, 0.15) is 39.0 Å². The normalized spacial score (nSPS) is 29.1. The number of carbonyl (C=O) groups excluding carboxylic acids is 1. The van der Waals surface area contributed by atoms with E-state index in [1.165, 1.54) is 19.3 Å². The number of carbonyl (C=O) groups is 1. The zero-order valence-electron chi connectivity index (χ0n) is 11.5. The van der Waals surface area contributed by atoms with Crippen LogP contribution in [0.25, 0.3) is 0 Å². The molecule has 4 nitrogen and oxygen atoms in total. The summed E-state index contributed by atoms with van der Waals surface area (Å²) in [7, 11) is 0. The summed E-state index contributed by atoms with van der Waals surface area (Å²) in [5, 5.41) is 3.39. The van der Waals surface area contributed by atoms with Crippen molar-refractivity contribution in [3.05, 3.63) is 0 Å². The lowest BCUT2D eigenvalue weighted by molar-refractivity contribution is 0.0807. The molecule has 2 saturated heterocycles. The van der Waals surface area contributed by atoms with Gasteiger partial charge in [-0.3, -0.25) is 0 Å². The Kier molecular flexibility index (Phi) is 5.29. The van der Waals surface area contributed by atoms with E-state index in [1.807, 2.05) is 4.90 Å². The fourth-order valence-electron chi connectivity index (χ4n) is 2.93. The summed E-state index contributed by atoms with van der Waals surface area (Å²) in [6.07, 6.45) is 5.76. The van der Waals surface area contributed by atoms with Crippen LogP contribution in [-0.2, 0) is 4.74 Å². The predicted octanol–water partition coefficient (Wildman–Crippen LogP) is 2.24. The minimum Gasteiger partial charge on any atom is -0.449 e. The van der Waals surface area contributed by atoms with Gasteiger partial charge in [-0.15, -0.1) is 0 Å². The zero-order valence-corrected chi connectivity index (χ0v) is 11.5. The van der Waals surface area contributed by atoms with Crippen molar-refractivity contribution in [2.24, 2.45) is 11.8 Å². The van der Waals surface area contributed by atoms with E-state index in [-0.39, 0.29) is 6.09 Å². The third kappa shape index (κ3) is 4.16. The number of hydrogen-bond donors (Lipinski definition) is 1. The van der Waals surface area contributed by atoms with E-state index in [0.717, 1.165) is 39.0 Å². The predicted molar refractivity (Wildman–Crippen MR) is 71.5 cm³/mol. The molecule has 0 saturated carbocycles. The van der Waals surface area contributed by atoms with E-state index in [1.54, 1.807) is 0 Å². The van der Waals surface area contributed by atoms with E-state index < -0.39 is 0 Å². The van der Waals surface area contributed by atoms with E-state index in [4.69, 9.17) is 4.74 Å². The molecule has 18 heavy (non-hydrogen) atoms. The van der Waals surface area contributed by atoms with Crippen LogP contribution in [0, 0.1) is 11.8 Å². The number of amides is 1. The van der Waals surface area contributed by atoms with Crippen molar-refractivity contribution in [1.82, 2.24) is 10.2 Å². The third-order valence-electron chi connectivity index (χ3n) is 4.07. The SMILES string of the molecule is CC1CCCN(C(=O)OCCC2CCCNC2)C1. The molecule has 2 fully saturated rings. The molecule has 0 spiro atoms. The molecule has 1 N–H and O–H groups in total. The van der Waals surface area contributed by atoms with Gasteiger partial charge in [-0.1, -0.05) is 6.92 Å². The Morgan fingerprint density at radius 3 is 3.00 bits per heavy atom. The van der Waals surface area contributed by atoms with Gasteiger partial charge < -0.3 is 15.0 Å². The van der Waals surface area contributed by atoms with Crippen LogP contribution in [0.3, 0.4) is 0 Å². The summed E-state index contributed by atoms with van der Waals surface area (Å²) >= 11 is 0. The number of likely N-dealkylation sites (tertiary alicyclic amines) is 1. The molecule has 0 aromatic carbocycles. The second kappa shape index (κ2) is 6.98. The van der Waals surface area contributed by atoms with Crippen LogP contribution in [0.2, 0.25) is 0 Å². The van der Waals surface area contributed by atoms with Crippen molar-refractivity contribution >= 4 is 6.09 Å². The minimum atomic E-state index is -0.106. The molecular formula is C14H26N2O2. The zero-order chi connectivity index (χ0) is 12.8. The number of piperidine rings is 2. The molecule has 2 aliphatic rings. The first-order valence-corrected chi connectivity index (χ1v) is 7.38. The Bertz CT molecular complexity index is 265. The van der Waals surface area contributed by atoms with Crippen LogP contribution >= 0.6 is 0 Å². The fraction of sp³-hybridized carbons (Fsp3) is 0.929. The lowest BCUT2D eigenvalue weighted by Crippen LogP contribution is -2.39. The monoisotopic (exact) mass is 254 g/mol. The minimum absolute atomic E-state index is 0.106. The Labute approximate surface area is 110 Å². The Morgan fingerprint density at radius 2 is 2.28 bits per heavy atom. The Hall–Kier alpha value is -0.770. The van der Waals surface area contributed by atoms with Crippen LogP contribution in [0.5, 0.6) is 0 Å². The molecule has 2 aliphatic heterocycles. The maximum atomic E-state index is 11.9. The summed E-state index contributed by atoms with van der Waals surface area (Å²) < 4.78 is 5.39. The van der Waals surface area contributed by atoms with E-state index in [2.05, 4.69) is 12.2 Å². The fourth-order valence-corrected chi connectivity index (χ4v) is 2.93. The van der Waals surface area contributed by atoms with Crippen molar-refractivity contribution in [3.8, 4) is 0 Å². The Morgan fingerprint density at radius 1 is 1.39 bits per heavy atom. The molecule has 2 unspecified atom stereocenters. The number of hydrogen-bond acceptors (Lipinski definition) is 3. The van der Waals surface area contributed by atoms with Gasteiger partial charge in [0.2, 0.25) is 0 Å². The number of nitrogens with zero attached hydrogens (tertiary/aromatic N) is 1. The molecule has 0 aromatic rings. The van der Waals surface area contributed by atoms with Crippen molar-refractivity contribution in [2.45, 2.75) is 39.0 Å². The maximum Gasteiger partial charge on any atom is 0.409 e. The molecular weight excluding hydrogens is 228 g/mol. The van der Waals surface area contributed by atoms with Gasteiger partial charge in [-0.2, -0.15) is 0 Å². The van der Waals surface area contributed by atoms with Gasteiger partial charge >= 0.3 is 6.09 Å². The second-order valence-corrected chi connectivity index (χ2v) is 5.81. The highest BCUT2D eigenvalue weighted by Gasteiger charge is 2.22. The summed E-state index contributed by atoms with van der Waals surface area (Å²) in [4.78, 5) is 13.7. The molecule has 2 heterocycles. The first-order valence-electron chi connectivity index (χ1n) is 7.38. The van der Waals surface area contributed by atoms with Crippen molar-refractivity contribution in [3.63, 3.8) is 0 Å². The average Bonchev–Trinajstić information content (AvgIpc) is 2.40. The highest BCUT2D eigenvalue weighted by Crippen LogP contribution is 2.17. The molecule has 2 atom stereocenters. The third-order valence-corrected chi connectivity index (χ3v) is 4.07. The van der Waals surface area contributed by atoms with Crippen LogP contribution < -0.4 is 5.32 Å². The van der Waals surface area contributed by atoms with Gasteiger partial charge in [0.05, 0.1) is 6.61 Å². The molecule has 0 aromatic heterocycles. The largest absolute Gasteiger partial charge is 0.449 e. The van der Waals surface area contributed by atoms with Crippen molar-refractivity contribution in [1.29, 1.82) is 0 Å².